The lowest BCUT2D eigenvalue weighted by Crippen LogP contribution is -2.54. The summed E-state index contributed by atoms with van der Waals surface area (Å²) in [5.41, 5.74) is 1.26. The van der Waals surface area contributed by atoms with Crippen molar-refractivity contribution in [1.82, 2.24) is 9.62 Å². The molecule has 1 aliphatic rings. The van der Waals surface area contributed by atoms with Crippen molar-refractivity contribution >= 4 is 50.9 Å². The van der Waals surface area contributed by atoms with E-state index >= 15 is 0 Å². The molecule has 0 radical (unpaired) electrons. The Bertz CT molecular complexity index is 1260. The molecule has 2 aromatic rings. The molecular formula is C21H20N4O5S2. The lowest BCUT2D eigenvalue weighted by atomic mass is 10.1. The Hall–Kier alpha value is -3.33. The lowest BCUT2D eigenvalue weighted by molar-refractivity contribution is -0.122. The van der Waals surface area contributed by atoms with Crippen molar-refractivity contribution in [1.29, 1.82) is 5.26 Å². The second-order valence-corrected chi connectivity index (χ2v) is 9.47. The fraction of sp³-hybridized carbons (Fsp3) is 0.238. The first-order valence-electron chi connectivity index (χ1n) is 9.49. The number of amides is 2. The standard InChI is InChI=1S/C21H20N4O5S2/c1-14-5-3-6-15(11-14)25-20(27)18(19(26)23-21(25)31)12-16-7-8-17(30-16)13-24(10-4-9-22)32(2,28)29/h3,5-8,11-12H,4,10,13H2,1-2H3,(H,23,26,31)/b18-12+. The molecule has 1 aliphatic heterocycles. The number of furan rings is 1. The van der Waals surface area contributed by atoms with E-state index in [1.165, 1.54) is 17.0 Å². The zero-order valence-corrected chi connectivity index (χ0v) is 19.0. The van der Waals surface area contributed by atoms with Crippen LogP contribution >= 0.6 is 12.2 Å². The Morgan fingerprint density at radius 3 is 2.69 bits per heavy atom. The van der Waals surface area contributed by atoms with Crippen molar-refractivity contribution in [2.75, 3.05) is 17.7 Å². The van der Waals surface area contributed by atoms with Gasteiger partial charge in [0.05, 0.1) is 24.6 Å². The summed E-state index contributed by atoms with van der Waals surface area (Å²) in [6.07, 6.45) is 2.36. The van der Waals surface area contributed by atoms with Crippen LogP contribution in [0.1, 0.15) is 23.5 Å². The average molecular weight is 473 g/mol. The Labute approximate surface area is 191 Å². The maximum atomic E-state index is 13.0. The highest BCUT2D eigenvalue weighted by molar-refractivity contribution is 7.88. The van der Waals surface area contributed by atoms with Gasteiger partial charge in [-0.3, -0.25) is 19.8 Å². The first-order chi connectivity index (χ1) is 15.1. The molecule has 2 amide bonds. The van der Waals surface area contributed by atoms with Crippen molar-refractivity contribution in [2.45, 2.75) is 19.9 Å². The van der Waals surface area contributed by atoms with Gasteiger partial charge in [0.2, 0.25) is 10.0 Å². The minimum Gasteiger partial charge on any atom is -0.460 e. The fourth-order valence-electron chi connectivity index (χ4n) is 3.07. The Kier molecular flexibility index (Phi) is 6.88. The maximum Gasteiger partial charge on any atom is 0.270 e. The Morgan fingerprint density at radius 2 is 2.03 bits per heavy atom. The van der Waals surface area contributed by atoms with Crippen molar-refractivity contribution in [3.8, 4) is 6.07 Å². The molecule has 1 aromatic heterocycles. The van der Waals surface area contributed by atoms with Gasteiger partial charge in [0.1, 0.15) is 17.1 Å². The molecule has 1 aromatic carbocycles. The van der Waals surface area contributed by atoms with Gasteiger partial charge in [-0.05, 0) is 55.0 Å². The third kappa shape index (κ3) is 5.28. The number of sulfonamides is 1. The smallest absolute Gasteiger partial charge is 0.270 e. The average Bonchev–Trinajstić information content (AvgIpc) is 3.14. The van der Waals surface area contributed by atoms with Crippen LogP contribution in [0.4, 0.5) is 5.69 Å². The zero-order valence-electron chi connectivity index (χ0n) is 17.4. The van der Waals surface area contributed by atoms with Gasteiger partial charge >= 0.3 is 0 Å². The zero-order chi connectivity index (χ0) is 23.5. The molecule has 9 nitrogen and oxygen atoms in total. The largest absolute Gasteiger partial charge is 0.460 e. The summed E-state index contributed by atoms with van der Waals surface area (Å²) >= 11 is 5.18. The molecule has 0 aliphatic carbocycles. The quantitative estimate of drug-likeness (QED) is 0.372. The summed E-state index contributed by atoms with van der Waals surface area (Å²) in [6.45, 7) is 1.82. The van der Waals surface area contributed by atoms with Crippen molar-refractivity contribution in [3.63, 3.8) is 0 Å². The van der Waals surface area contributed by atoms with E-state index in [9.17, 15) is 18.0 Å². The summed E-state index contributed by atoms with van der Waals surface area (Å²) in [6, 6.07) is 12.1. The van der Waals surface area contributed by atoms with Crippen LogP contribution in [0.2, 0.25) is 0 Å². The van der Waals surface area contributed by atoms with E-state index in [0.29, 0.717) is 11.4 Å². The van der Waals surface area contributed by atoms with Crippen LogP contribution in [-0.4, -0.2) is 42.5 Å². The summed E-state index contributed by atoms with van der Waals surface area (Å²) < 4.78 is 30.6. The number of anilines is 1. The summed E-state index contributed by atoms with van der Waals surface area (Å²) in [5.74, 6) is -0.762. The van der Waals surface area contributed by atoms with Gasteiger partial charge in [0.25, 0.3) is 11.8 Å². The minimum absolute atomic E-state index is 0.0239. The van der Waals surface area contributed by atoms with E-state index in [2.05, 4.69) is 5.32 Å². The first kappa shape index (κ1) is 23.3. The number of hydrogen-bond acceptors (Lipinski definition) is 7. The van der Waals surface area contributed by atoms with Gasteiger partial charge in [-0.15, -0.1) is 0 Å². The molecule has 1 saturated heterocycles. The molecule has 0 bridgehead atoms. The van der Waals surface area contributed by atoms with E-state index in [1.54, 1.807) is 24.3 Å². The molecule has 0 atom stereocenters. The minimum atomic E-state index is -3.55. The van der Waals surface area contributed by atoms with Crippen LogP contribution in [0.3, 0.4) is 0 Å². The number of nitrogens with zero attached hydrogens (tertiary/aromatic N) is 3. The van der Waals surface area contributed by atoms with E-state index in [0.717, 1.165) is 16.1 Å². The second kappa shape index (κ2) is 9.44. The fourth-order valence-corrected chi connectivity index (χ4v) is 4.13. The van der Waals surface area contributed by atoms with Gasteiger partial charge in [-0.1, -0.05) is 12.1 Å². The van der Waals surface area contributed by atoms with Gasteiger partial charge < -0.3 is 4.42 Å². The number of thiocarbonyl (C=S) groups is 1. The summed E-state index contributed by atoms with van der Waals surface area (Å²) in [4.78, 5) is 26.7. The Balaban J connectivity index is 1.87. The molecule has 1 fully saturated rings. The maximum absolute atomic E-state index is 13.0. The highest BCUT2D eigenvalue weighted by Crippen LogP contribution is 2.23. The molecule has 2 heterocycles. The summed E-state index contributed by atoms with van der Waals surface area (Å²) in [5, 5.41) is 11.2. The molecule has 3 rings (SSSR count). The van der Waals surface area contributed by atoms with Crippen LogP contribution in [0, 0.1) is 18.3 Å². The topological polar surface area (TPSA) is 124 Å². The van der Waals surface area contributed by atoms with Crippen molar-refractivity contribution in [3.05, 3.63) is 59.1 Å². The lowest BCUT2D eigenvalue weighted by Gasteiger charge is -2.29. The molecule has 1 N–H and O–H groups in total. The van der Waals surface area contributed by atoms with Gasteiger partial charge in [0.15, 0.2) is 5.11 Å². The number of carbonyl (C=O) groups is 2. The van der Waals surface area contributed by atoms with Crippen molar-refractivity contribution in [2.24, 2.45) is 0 Å². The van der Waals surface area contributed by atoms with Crippen LogP contribution in [-0.2, 0) is 26.2 Å². The number of benzene rings is 1. The number of aryl methyl sites for hydroxylation is 1. The molecule has 0 unspecified atom stereocenters. The SMILES string of the molecule is Cc1cccc(N2C(=O)/C(=C/c3ccc(CN(CCC#N)S(C)(=O)=O)o3)C(=O)NC2=S)c1. The number of nitrogens with one attached hydrogen (secondary N) is 1. The number of carbonyl (C=O) groups excluding carboxylic acids is 2. The van der Waals surface area contributed by atoms with Crippen LogP contribution in [0.25, 0.3) is 6.08 Å². The van der Waals surface area contributed by atoms with E-state index in [1.807, 2.05) is 19.1 Å². The predicted octanol–water partition coefficient (Wildman–Crippen LogP) is 2.09. The van der Waals surface area contributed by atoms with Crippen LogP contribution < -0.4 is 10.2 Å². The highest BCUT2D eigenvalue weighted by Gasteiger charge is 2.34. The van der Waals surface area contributed by atoms with Gasteiger partial charge in [-0.25, -0.2) is 8.42 Å². The number of nitriles is 1. The predicted molar refractivity (Wildman–Crippen MR) is 122 cm³/mol. The summed E-state index contributed by atoms with van der Waals surface area (Å²) in [7, 11) is -3.55. The van der Waals surface area contributed by atoms with E-state index < -0.39 is 21.8 Å². The molecular weight excluding hydrogens is 452 g/mol. The van der Waals surface area contributed by atoms with E-state index in [-0.39, 0.29) is 36.0 Å². The van der Waals surface area contributed by atoms with E-state index in [4.69, 9.17) is 21.9 Å². The first-order valence-corrected chi connectivity index (χ1v) is 11.7. The van der Waals surface area contributed by atoms with Crippen LogP contribution in [0.5, 0.6) is 0 Å². The van der Waals surface area contributed by atoms with Crippen molar-refractivity contribution < 1.29 is 22.4 Å². The molecule has 166 valence electrons. The van der Waals surface area contributed by atoms with Gasteiger partial charge in [-0.2, -0.15) is 9.57 Å². The monoisotopic (exact) mass is 472 g/mol. The number of rotatable bonds is 7. The van der Waals surface area contributed by atoms with Crippen LogP contribution in [0.15, 0.2) is 46.4 Å². The number of hydrogen-bond donors (Lipinski definition) is 1. The third-order valence-electron chi connectivity index (χ3n) is 4.60. The molecule has 0 spiro atoms. The molecule has 0 saturated carbocycles. The normalized spacial score (nSPS) is 15.9. The third-order valence-corrected chi connectivity index (χ3v) is 6.14. The second-order valence-electron chi connectivity index (χ2n) is 7.11. The highest BCUT2D eigenvalue weighted by atomic mass is 32.2. The molecule has 11 heteroatoms. The Morgan fingerprint density at radius 1 is 1.28 bits per heavy atom. The molecule has 32 heavy (non-hydrogen) atoms. The van der Waals surface area contributed by atoms with Gasteiger partial charge in [0, 0.05) is 13.0 Å².